The van der Waals surface area contributed by atoms with E-state index in [0.717, 1.165) is 22.2 Å². The highest BCUT2D eigenvalue weighted by molar-refractivity contribution is 5.87. The van der Waals surface area contributed by atoms with Crippen LogP contribution in [0.5, 0.6) is 5.75 Å². The molecule has 0 radical (unpaired) electrons. The number of nitrogens with two attached hydrogens (primary N) is 1. The van der Waals surface area contributed by atoms with Crippen LogP contribution in [0.1, 0.15) is 11.1 Å². The molecule has 2 aromatic carbocycles. The minimum atomic E-state index is -0.511. The Morgan fingerprint density at radius 1 is 1.32 bits per heavy atom. The molecule has 0 unspecified atom stereocenters. The van der Waals surface area contributed by atoms with E-state index in [1.807, 2.05) is 35.0 Å². The lowest BCUT2D eigenvalue weighted by Crippen LogP contribution is -2.02. The first-order chi connectivity index (χ1) is 12.1. The molecule has 0 saturated heterocycles. The van der Waals surface area contributed by atoms with Crippen LogP contribution in [-0.4, -0.2) is 23.1 Å². The molecule has 0 spiro atoms. The molecule has 0 fully saturated rings. The molecule has 0 aliphatic heterocycles. The second kappa shape index (κ2) is 6.63. The molecule has 0 aliphatic rings. The summed E-state index contributed by atoms with van der Waals surface area (Å²) in [7, 11) is 1.60. The Bertz CT molecular complexity index is 1000. The van der Waals surface area contributed by atoms with E-state index in [2.05, 4.69) is 0 Å². The second-order valence-corrected chi connectivity index (χ2v) is 5.52. The maximum Gasteiger partial charge on any atom is 0.270 e. The van der Waals surface area contributed by atoms with Crippen LogP contribution in [0.3, 0.4) is 0 Å². The maximum atomic E-state index is 11.0. The number of benzene rings is 2. The molecule has 2 N–H and O–H groups in total. The Morgan fingerprint density at radius 3 is 2.76 bits per heavy atom. The van der Waals surface area contributed by atoms with Gasteiger partial charge in [0.25, 0.3) is 5.69 Å². The van der Waals surface area contributed by atoms with E-state index in [1.165, 1.54) is 12.1 Å². The van der Waals surface area contributed by atoms with Gasteiger partial charge in [-0.25, -0.2) is 0 Å². The van der Waals surface area contributed by atoms with E-state index in [4.69, 9.17) is 10.5 Å². The zero-order chi connectivity index (χ0) is 18.0. The predicted molar refractivity (Wildman–Crippen MR) is 94.0 cm³/mol. The first-order valence-corrected chi connectivity index (χ1v) is 7.66. The summed E-state index contributed by atoms with van der Waals surface area (Å²) in [6.07, 6.45) is 2.59. The third-order valence-corrected chi connectivity index (χ3v) is 4.08. The number of hydrogen-bond donors (Lipinski definition) is 1. The summed E-state index contributed by atoms with van der Waals surface area (Å²) >= 11 is 0. The van der Waals surface area contributed by atoms with Crippen LogP contribution in [0.4, 0.5) is 5.69 Å². The highest BCUT2D eigenvalue weighted by atomic mass is 16.6. The first kappa shape index (κ1) is 16.5. The van der Waals surface area contributed by atoms with Crippen LogP contribution < -0.4 is 10.5 Å². The lowest BCUT2D eigenvalue weighted by Gasteiger charge is -2.08. The minimum absolute atomic E-state index is 0.111. The SMILES string of the molecule is COc1ccc2c(c1)c(CCN)cn2-c1ccc([N+](=O)[O-])cc1C#N. The van der Waals surface area contributed by atoms with Gasteiger partial charge in [-0.1, -0.05) is 0 Å². The number of nitro benzene ring substituents is 1. The lowest BCUT2D eigenvalue weighted by atomic mass is 10.1. The predicted octanol–water partition coefficient (Wildman–Crippen LogP) is 2.92. The van der Waals surface area contributed by atoms with Crippen molar-refractivity contribution in [2.75, 3.05) is 13.7 Å². The van der Waals surface area contributed by atoms with Crippen LogP contribution in [0.15, 0.2) is 42.6 Å². The zero-order valence-electron chi connectivity index (χ0n) is 13.6. The Kier molecular flexibility index (Phi) is 4.37. The quantitative estimate of drug-likeness (QED) is 0.569. The molecule has 0 saturated carbocycles. The molecule has 7 heteroatoms. The summed E-state index contributed by atoms with van der Waals surface area (Å²) in [5, 5.41) is 21.4. The Labute approximate surface area is 144 Å². The number of ether oxygens (including phenoxy) is 1. The van der Waals surface area contributed by atoms with E-state index < -0.39 is 4.92 Å². The van der Waals surface area contributed by atoms with Crippen molar-refractivity contribution in [3.8, 4) is 17.5 Å². The van der Waals surface area contributed by atoms with Crippen molar-refractivity contribution in [2.24, 2.45) is 5.73 Å². The van der Waals surface area contributed by atoms with Gasteiger partial charge in [0.2, 0.25) is 0 Å². The van der Waals surface area contributed by atoms with Crippen LogP contribution in [0.25, 0.3) is 16.6 Å². The number of nitrogens with zero attached hydrogens (tertiary/aromatic N) is 3. The van der Waals surface area contributed by atoms with E-state index in [-0.39, 0.29) is 11.3 Å². The van der Waals surface area contributed by atoms with Crippen molar-refractivity contribution in [2.45, 2.75) is 6.42 Å². The number of nitriles is 1. The summed E-state index contributed by atoms with van der Waals surface area (Å²) in [5.74, 6) is 0.729. The summed E-state index contributed by atoms with van der Waals surface area (Å²) in [5.41, 5.74) is 8.34. The largest absolute Gasteiger partial charge is 0.497 e. The zero-order valence-corrected chi connectivity index (χ0v) is 13.6. The summed E-state index contributed by atoms with van der Waals surface area (Å²) in [4.78, 5) is 10.4. The van der Waals surface area contributed by atoms with Crippen molar-refractivity contribution >= 4 is 16.6 Å². The third kappa shape index (κ3) is 2.91. The van der Waals surface area contributed by atoms with Crippen molar-refractivity contribution in [1.29, 1.82) is 5.26 Å². The number of aromatic nitrogens is 1. The van der Waals surface area contributed by atoms with Crippen molar-refractivity contribution in [1.82, 2.24) is 4.57 Å². The van der Waals surface area contributed by atoms with Gasteiger partial charge in [0.15, 0.2) is 0 Å². The van der Waals surface area contributed by atoms with Gasteiger partial charge >= 0.3 is 0 Å². The van der Waals surface area contributed by atoms with Crippen LogP contribution in [0, 0.1) is 21.4 Å². The second-order valence-electron chi connectivity index (χ2n) is 5.52. The van der Waals surface area contributed by atoms with E-state index in [9.17, 15) is 15.4 Å². The molecular weight excluding hydrogens is 320 g/mol. The van der Waals surface area contributed by atoms with Gasteiger partial charge in [-0.05, 0) is 42.8 Å². The number of non-ortho nitro benzene ring substituents is 1. The van der Waals surface area contributed by atoms with E-state index >= 15 is 0 Å². The molecule has 1 aromatic heterocycles. The summed E-state index contributed by atoms with van der Waals surface area (Å²) < 4.78 is 7.15. The smallest absolute Gasteiger partial charge is 0.270 e. The molecule has 0 atom stereocenters. The Balaban J connectivity index is 2.26. The van der Waals surface area contributed by atoms with Gasteiger partial charge in [-0.3, -0.25) is 10.1 Å². The number of nitro groups is 1. The fourth-order valence-corrected chi connectivity index (χ4v) is 2.90. The standard InChI is InChI=1S/C18H16N4O3/c1-25-15-3-5-18-16(9-15)12(6-7-19)11-21(18)17-4-2-14(22(23)24)8-13(17)10-20/h2-5,8-9,11H,6-7,19H2,1H3. The normalized spacial score (nSPS) is 10.6. The fraction of sp³-hybridized carbons (Fsp3) is 0.167. The number of hydrogen-bond acceptors (Lipinski definition) is 5. The van der Waals surface area contributed by atoms with Gasteiger partial charge < -0.3 is 15.0 Å². The van der Waals surface area contributed by atoms with Crippen LogP contribution >= 0.6 is 0 Å². The molecule has 0 amide bonds. The van der Waals surface area contributed by atoms with E-state index in [0.29, 0.717) is 18.7 Å². The average Bonchev–Trinajstić information content (AvgIpc) is 2.99. The van der Waals surface area contributed by atoms with Gasteiger partial charge in [0.1, 0.15) is 11.8 Å². The number of rotatable bonds is 5. The first-order valence-electron chi connectivity index (χ1n) is 7.66. The Morgan fingerprint density at radius 2 is 2.12 bits per heavy atom. The molecule has 126 valence electrons. The van der Waals surface area contributed by atoms with Crippen molar-refractivity contribution in [3.63, 3.8) is 0 Å². The molecule has 7 nitrogen and oxygen atoms in total. The monoisotopic (exact) mass is 336 g/mol. The fourth-order valence-electron chi connectivity index (χ4n) is 2.90. The van der Waals surface area contributed by atoms with Crippen molar-refractivity contribution in [3.05, 3.63) is 63.8 Å². The molecule has 1 heterocycles. The van der Waals surface area contributed by atoms with Crippen LogP contribution in [0.2, 0.25) is 0 Å². The minimum Gasteiger partial charge on any atom is -0.497 e. The average molecular weight is 336 g/mol. The lowest BCUT2D eigenvalue weighted by molar-refractivity contribution is -0.384. The third-order valence-electron chi connectivity index (χ3n) is 4.08. The van der Waals surface area contributed by atoms with Gasteiger partial charge in [-0.15, -0.1) is 0 Å². The van der Waals surface area contributed by atoms with Crippen molar-refractivity contribution < 1.29 is 9.66 Å². The Hall–Kier alpha value is -3.37. The highest BCUT2D eigenvalue weighted by Gasteiger charge is 2.16. The molecule has 3 rings (SSSR count). The molecular formula is C18H16N4O3. The number of fused-ring (bicyclic) bond motifs is 1. The summed E-state index contributed by atoms with van der Waals surface area (Å²) in [6.45, 7) is 0.488. The van der Waals surface area contributed by atoms with E-state index in [1.54, 1.807) is 13.2 Å². The molecule has 0 aliphatic carbocycles. The molecule has 25 heavy (non-hydrogen) atoms. The topological polar surface area (TPSA) is 107 Å². The van der Waals surface area contributed by atoms with Gasteiger partial charge in [0, 0.05) is 23.7 Å². The number of methoxy groups -OCH3 is 1. The van der Waals surface area contributed by atoms with Gasteiger partial charge in [-0.2, -0.15) is 5.26 Å². The molecule has 0 bridgehead atoms. The maximum absolute atomic E-state index is 11.0. The highest BCUT2D eigenvalue weighted by Crippen LogP contribution is 2.31. The van der Waals surface area contributed by atoms with Crippen LogP contribution in [-0.2, 0) is 6.42 Å². The summed E-state index contributed by atoms with van der Waals surface area (Å²) in [6, 6.07) is 12.0. The molecule has 3 aromatic rings. The van der Waals surface area contributed by atoms with Gasteiger partial charge in [0.05, 0.1) is 28.8 Å².